The Hall–Kier alpha value is -3.28. The minimum absolute atomic E-state index is 0.0127. The second kappa shape index (κ2) is 9.03. The molecule has 6 nitrogen and oxygen atoms in total. The largest absolute Gasteiger partial charge is 0.497 e. The summed E-state index contributed by atoms with van der Waals surface area (Å²) in [4.78, 5) is 14.5. The predicted octanol–water partition coefficient (Wildman–Crippen LogP) is 4.48. The highest BCUT2D eigenvalue weighted by Gasteiger charge is 2.25. The molecule has 2 N–H and O–H groups in total. The first-order valence-corrected chi connectivity index (χ1v) is 10.4. The fourth-order valence-corrected chi connectivity index (χ4v) is 3.96. The molecule has 1 aromatic heterocycles. The number of aryl methyl sites for hydroxylation is 1. The van der Waals surface area contributed by atoms with Crippen LogP contribution in [0.1, 0.15) is 35.6 Å². The second-order valence-electron chi connectivity index (χ2n) is 7.85. The summed E-state index contributed by atoms with van der Waals surface area (Å²) >= 11 is 0. The molecule has 6 heteroatoms. The van der Waals surface area contributed by atoms with Gasteiger partial charge >= 0.3 is 6.03 Å². The van der Waals surface area contributed by atoms with E-state index in [0.717, 1.165) is 54.2 Å². The average molecular weight is 405 g/mol. The van der Waals surface area contributed by atoms with E-state index in [9.17, 15) is 4.79 Å². The number of carbonyl (C=O) groups excluding carboxylic acids is 1. The second-order valence-corrected chi connectivity index (χ2v) is 7.85. The van der Waals surface area contributed by atoms with Crippen LogP contribution in [0.4, 0.5) is 4.79 Å². The third-order valence-corrected chi connectivity index (χ3v) is 5.71. The van der Waals surface area contributed by atoms with Gasteiger partial charge in [-0.25, -0.2) is 4.79 Å². The number of hydrogen-bond acceptors (Lipinski definition) is 3. The molecule has 0 atom stereocenters. The zero-order valence-corrected chi connectivity index (χ0v) is 17.5. The smallest absolute Gasteiger partial charge is 0.317 e. The van der Waals surface area contributed by atoms with E-state index < -0.39 is 0 Å². The monoisotopic (exact) mass is 404 g/mol. The van der Waals surface area contributed by atoms with Gasteiger partial charge in [-0.15, -0.1) is 0 Å². The van der Waals surface area contributed by atoms with Crippen molar-refractivity contribution in [1.82, 2.24) is 20.4 Å². The Morgan fingerprint density at radius 2 is 1.97 bits per heavy atom. The molecule has 0 spiro atoms. The number of nitrogens with one attached hydrogen (secondary N) is 2. The number of aromatic amines is 1. The summed E-state index contributed by atoms with van der Waals surface area (Å²) in [6, 6.07) is 18.3. The van der Waals surface area contributed by atoms with Gasteiger partial charge in [-0.1, -0.05) is 35.9 Å². The van der Waals surface area contributed by atoms with E-state index in [4.69, 9.17) is 4.74 Å². The van der Waals surface area contributed by atoms with E-state index in [-0.39, 0.29) is 6.03 Å². The lowest BCUT2D eigenvalue weighted by Gasteiger charge is -2.31. The standard InChI is InChI=1S/C24H28N4O2/c1-17-5-3-7-20(13-17)23-15-22(26-27-23)19-9-11-28(12-10-19)24(29)25-16-18-6-4-8-21(14-18)30-2/h3-8,13-15,19H,9-12,16H2,1-2H3,(H,25,29)(H,26,27). The molecule has 1 aliphatic heterocycles. The van der Waals surface area contributed by atoms with Gasteiger partial charge in [0, 0.05) is 36.8 Å². The molecule has 1 aliphatic rings. The molecule has 1 saturated heterocycles. The molecule has 4 rings (SSSR count). The molecule has 0 bridgehead atoms. The van der Waals surface area contributed by atoms with Crippen LogP contribution in [0.3, 0.4) is 0 Å². The number of benzene rings is 2. The molecule has 2 aromatic carbocycles. The Balaban J connectivity index is 1.30. The molecule has 2 heterocycles. The van der Waals surface area contributed by atoms with Crippen molar-refractivity contribution in [3.05, 3.63) is 71.4 Å². The molecule has 3 aromatic rings. The predicted molar refractivity (Wildman–Crippen MR) is 118 cm³/mol. The minimum Gasteiger partial charge on any atom is -0.497 e. The highest BCUT2D eigenvalue weighted by atomic mass is 16.5. The first kappa shape index (κ1) is 20.0. The van der Waals surface area contributed by atoms with Gasteiger partial charge < -0.3 is 15.0 Å². The lowest BCUT2D eigenvalue weighted by Crippen LogP contribution is -2.43. The number of methoxy groups -OCH3 is 1. The van der Waals surface area contributed by atoms with Crippen molar-refractivity contribution < 1.29 is 9.53 Å². The maximum absolute atomic E-state index is 12.6. The van der Waals surface area contributed by atoms with Crippen molar-refractivity contribution in [1.29, 1.82) is 0 Å². The number of amides is 2. The Morgan fingerprint density at radius 3 is 2.73 bits per heavy atom. The summed E-state index contributed by atoms with van der Waals surface area (Å²) in [6.45, 7) is 4.07. The van der Waals surface area contributed by atoms with Gasteiger partial charge in [-0.05, 0) is 49.6 Å². The van der Waals surface area contributed by atoms with Gasteiger partial charge in [-0.3, -0.25) is 5.10 Å². The highest BCUT2D eigenvalue weighted by Crippen LogP contribution is 2.29. The summed E-state index contributed by atoms with van der Waals surface area (Å²) in [5, 5.41) is 10.7. The number of rotatable bonds is 5. The Labute approximate surface area is 177 Å². The van der Waals surface area contributed by atoms with Crippen molar-refractivity contribution in [2.75, 3.05) is 20.2 Å². The van der Waals surface area contributed by atoms with E-state index in [1.807, 2.05) is 29.2 Å². The van der Waals surface area contributed by atoms with Gasteiger partial charge in [0.15, 0.2) is 0 Å². The normalized spacial score (nSPS) is 14.5. The van der Waals surface area contributed by atoms with Crippen molar-refractivity contribution in [3.8, 4) is 17.0 Å². The zero-order valence-electron chi connectivity index (χ0n) is 17.5. The third-order valence-electron chi connectivity index (χ3n) is 5.71. The van der Waals surface area contributed by atoms with Crippen LogP contribution in [-0.4, -0.2) is 41.3 Å². The summed E-state index contributed by atoms with van der Waals surface area (Å²) < 4.78 is 5.24. The van der Waals surface area contributed by atoms with E-state index in [1.165, 1.54) is 5.56 Å². The molecular weight excluding hydrogens is 376 g/mol. The summed E-state index contributed by atoms with van der Waals surface area (Å²) in [5.74, 6) is 1.20. The van der Waals surface area contributed by atoms with Crippen molar-refractivity contribution in [2.24, 2.45) is 0 Å². The van der Waals surface area contributed by atoms with Crippen LogP contribution in [-0.2, 0) is 6.54 Å². The third kappa shape index (κ3) is 4.64. The molecule has 0 radical (unpaired) electrons. The van der Waals surface area contributed by atoms with E-state index >= 15 is 0 Å². The van der Waals surface area contributed by atoms with Crippen LogP contribution in [0.15, 0.2) is 54.6 Å². The number of carbonyl (C=O) groups is 1. The van der Waals surface area contributed by atoms with Crippen molar-refractivity contribution in [3.63, 3.8) is 0 Å². The molecule has 0 saturated carbocycles. The molecule has 0 unspecified atom stereocenters. The molecule has 156 valence electrons. The highest BCUT2D eigenvalue weighted by molar-refractivity contribution is 5.74. The first-order chi connectivity index (χ1) is 14.6. The maximum Gasteiger partial charge on any atom is 0.317 e. The van der Waals surface area contributed by atoms with Crippen LogP contribution in [0.25, 0.3) is 11.3 Å². The fraction of sp³-hybridized carbons (Fsp3) is 0.333. The lowest BCUT2D eigenvalue weighted by atomic mass is 9.93. The molecule has 30 heavy (non-hydrogen) atoms. The van der Waals surface area contributed by atoms with Crippen molar-refractivity contribution >= 4 is 6.03 Å². The van der Waals surface area contributed by atoms with Crippen LogP contribution in [0, 0.1) is 6.92 Å². The fourth-order valence-electron chi connectivity index (χ4n) is 3.96. The molecule has 1 fully saturated rings. The zero-order chi connectivity index (χ0) is 20.9. The van der Waals surface area contributed by atoms with Crippen molar-refractivity contribution in [2.45, 2.75) is 32.2 Å². The quantitative estimate of drug-likeness (QED) is 0.659. The van der Waals surface area contributed by atoms with Gasteiger partial charge in [0.05, 0.1) is 12.8 Å². The Kier molecular flexibility index (Phi) is 6.02. The lowest BCUT2D eigenvalue weighted by molar-refractivity contribution is 0.180. The van der Waals surface area contributed by atoms with Crippen LogP contribution < -0.4 is 10.1 Å². The van der Waals surface area contributed by atoms with E-state index in [2.05, 4.69) is 52.8 Å². The number of aromatic nitrogens is 2. The molecular formula is C24H28N4O2. The van der Waals surface area contributed by atoms with Crippen LogP contribution >= 0.6 is 0 Å². The number of hydrogen-bond donors (Lipinski definition) is 2. The average Bonchev–Trinajstić information content (AvgIpc) is 3.28. The minimum atomic E-state index is -0.0127. The van der Waals surface area contributed by atoms with E-state index in [1.54, 1.807) is 7.11 Å². The molecule has 0 aliphatic carbocycles. The number of H-pyrrole nitrogens is 1. The van der Waals surface area contributed by atoms with Gasteiger partial charge in [0.1, 0.15) is 5.75 Å². The summed E-state index contributed by atoms with van der Waals surface area (Å²) in [6.07, 6.45) is 1.87. The van der Waals surface area contributed by atoms with Gasteiger partial charge in [0.2, 0.25) is 0 Å². The maximum atomic E-state index is 12.6. The SMILES string of the molecule is COc1cccc(CNC(=O)N2CCC(c3cc(-c4cccc(C)c4)n[nH]3)CC2)c1. The summed E-state index contributed by atoms with van der Waals surface area (Å²) in [5.41, 5.74) is 5.52. The Bertz CT molecular complexity index is 1010. The topological polar surface area (TPSA) is 70.2 Å². The number of piperidine rings is 1. The summed E-state index contributed by atoms with van der Waals surface area (Å²) in [7, 11) is 1.64. The van der Waals surface area contributed by atoms with E-state index in [0.29, 0.717) is 12.5 Å². The number of nitrogens with zero attached hydrogens (tertiary/aromatic N) is 2. The molecule has 2 amide bonds. The number of ether oxygens (including phenoxy) is 1. The number of urea groups is 1. The van der Waals surface area contributed by atoms with Gasteiger partial charge in [-0.2, -0.15) is 5.10 Å². The Morgan fingerprint density at radius 1 is 1.17 bits per heavy atom. The number of likely N-dealkylation sites (tertiary alicyclic amines) is 1. The van der Waals surface area contributed by atoms with Gasteiger partial charge in [0.25, 0.3) is 0 Å². The van der Waals surface area contributed by atoms with Crippen LogP contribution in [0.5, 0.6) is 5.75 Å². The van der Waals surface area contributed by atoms with Crippen LogP contribution in [0.2, 0.25) is 0 Å². The first-order valence-electron chi connectivity index (χ1n) is 10.4.